The van der Waals surface area contributed by atoms with Crippen LogP contribution in [0.5, 0.6) is 0 Å². The fraction of sp³-hybridized carbons (Fsp3) is 0.111. The van der Waals surface area contributed by atoms with Crippen LogP contribution >= 0.6 is 0 Å². The summed E-state index contributed by atoms with van der Waals surface area (Å²) in [5, 5.41) is 2.62. The summed E-state index contributed by atoms with van der Waals surface area (Å²) in [7, 11) is 0. The third kappa shape index (κ3) is 10.6. The third-order valence-corrected chi connectivity index (χ3v) is 10.1. The minimum absolute atomic E-state index is 0. The number of benzene rings is 7. The van der Waals surface area contributed by atoms with E-state index < -0.39 is 0 Å². The Hall–Kier alpha value is -6.48. The van der Waals surface area contributed by atoms with Gasteiger partial charge in [0.05, 0.1) is 0 Å². The number of nitrogens with two attached hydrogens (primary N) is 1. The van der Waals surface area contributed by atoms with Crippen LogP contribution in [0.1, 0.15) is 55.5 Å². The minimum Gasteiger partial charge on any atom is -0.401 e. The van der Waals surface area contributed by atoms with Crippen molar-refractivity contribution < 1.29 is 0 Å². The molecule has 0 amide bonds. The number of hydrogen-bond acceptors (Lipinski definition) is 2. The maximum absolute atomic E-state index is 6.48. The van der Waals surface area contributed by atoms with Gasteiger partial charge in [-0.2, -0.15) is 0 Å². The van der Waals surface area contributed by atoms with Gasteiger partial charge in [0.15, 0.2) is 0 Å². The predicted octanol–water partition coefficient (Wildman–Crippen LogP) is 14.4. The summed E-state index contributed by atoms with van der Waals surface area (Å²) >= 11 is 0. The standard InChI is InChI=1S/C23H25N.C15H14.C10H8.C6H6.H3N/c1-5-10-20(19-15-13-18(6-2)14-16-19)17-22(24)23(3,4)21-11-8-7-9-12-21;1-15(2)13-9-5-3-7-11(13)12-8-4-6-10-14(12)15;1-2-6-10-8-4-3-7-9(10)5-1;1-2-4-6-5-3-1;/h5-17H,1-2,24H2,3-4H3;3-10H,1-2H3;1-8H;1-6H;1H3/b20-10+,22-17-;;;;. The van der Waals surface area contributed by atoms with Crippen molar-refractivity contribution in [2.45, 2.75) is 38.5 Å². The molecule has 0 radical (unpaired) electrons. The molecule has 5 N–H and O–H groups in total. The smallest absolute Gasteiger partial charge is 0.0292 e. The average Bonchev–Trinajstić information content (AvgIpc) is 3.48. The molecule has 0 saturated carbocycles. The van der Waals surface area contributed by atoms with E-state index in [9.17, 15) is 0 Å². The Morgan fingerprint density at radius 1 is 0.536 bits per heavy atom. The van der Waals surface area contributed by atoms with Crippen LogP contribution < -0.4 is 11.9 Å². The van der Waals surface area contributed by atoms with Gasteiger partial charge in [0.25, 0.3) is 0 Å². The summed E-state index contributed by atoms with van der Waals surface area (Å²) in [6, 6.07) is 64.7. The Morgan fingerprint density at radius 3 is 1.36 bits per heavy atom. The van der Waals surface area contributed by atoms with Crippen molar-refractivity contribution in [1.29, 1.82) is 0 Å². The summed E-state index contributed by atoms with van der Waals surface area (Å²) in [6.45, 7) is 16.5. The van der Waals surface area contributed by atoms with Gasteiger partial charge in [-0.1, -0.05) is 247 Å². The molecule has 0 heterocycles. The van der Waals surface area contributed by atoms with Crippen LogP contribution in [0, 0.1) is 0 Å². The fourth-order valence-electron chi connectivity index (χ4n) is 6.72. The maximum Gasteiger partial charge on any atom is 0.0292 e. The Balaban J connectivity index is 0.000000183. The largest absolute Gasteiger partial charge is 0.401 e. The Morgan fingerprint density at radius 2 is 0.929 bits per heavy atom. The summed E-state index contributed by atoms with van der Waals surface area (Å²) in [4.78, 5) is 0. The van der Waals surface area contributed by atoms with Gasteiger partial charge >= 0.3 is 0 Å². The molecular weight excluding hydrogens is 677 g/mol. The summed E-state index contributed by atoms with van der Waals surface area (Å²) in [5.41, 5.74) is 17.3. The van der Waals surface area contributed by atoms with E-state index >= 15 is 0 Å². The molecule has 2 heteroatoms. The first-order chi connectivity index (χ1) is 26.7. The molecule has 56 heavy (non-hydrogen) atoms. The highest BCUT2D eigenvalue weighted by molar-refractivity contribution is 5.82. The second-order valence-electron chi connectivity index (χ2n) is 14.5. The van der Waals surface area contributed by atoms with E-state index in [1.54, 1.807) is 6.08 Å². The van der Waals surface area contributed by atoms with Gasteiger partial charge in [-0.3, -0.25) is 0 Å². The Bertz CT molecular complexity index is 2210. The highest BCUT2D eigenvalue weighted by Gasteiger charge is 2.34. The third-order valence-electron chi connectivity index (χ3n) is 10.1. The first-order valence-electron chi connectivity index (χ1n) is 18.9. The van der Waals surface area contributed by atoms with Crippen molar-refractivity contribution >= 4 is 22.4 Å². The van der Waals surface area contributed by atoms with Crippen molar-refractivity contribution in [3.8, 4) is 11.1 Å². The van der Waals surface area contributed by atoms with Crippen LogP contribution in [0.3, 0.4) is 0 Å². The fourth-order valence-corrected chi connectivity index (χ4v) is 6.72. The summed E-state index contributed by atoms with van der Waals surface area (Å²) < 4.78 is 0. The average molecular weight is 733 g/mol. The number of hydrogen-bond donors (Lipinski definition) is 2. The zero-order chi connectivity index (χ0) is 39.1. The Kier molecular flexibility index (Phi) is 15.3. The van der Waals surface area contributed by atoms with E-state index in [0.717, 1.165) is 22.4 Å². The topological polar surface area (TPSA) is 61.0 Å². The van der Waals surface area contributed by atoms with Gasteiger partial charge < -0.3 is 11.9 Å². The van der Waals surface area contributed by atoms with Gasteiger partial charge in [0.2, 0.25) is 0 Å². The van der Waals surface area contributed by atoms with Crippen LogP contribution in [0.15, 0.2) is 225 Å². The van der Waals surface area contributed by atoms with Crippen molar-refractivity contribution in [2.24, 2.45) is 5.73 Å². The molecule has 8 rings (SSSR count). The Labute approximate surface area is 335 Å². The predicted molar refractivity (Wildman–Crippen MR) is 246 cm³/mol. The first kappa shape index (κ1) is 42.3. The molecule has 0 spiro atoms. The zero-order valence-electron chi connectivity index (χ0n) is 33.4. The molecule has 0 fully saturated rings. The molecule has 7 aromatic rings. The van der Waals surface area contributed by atoms with Crippen LogP contribution in [0.25, 0.3) is 33.5 Å². The monoisotopic (exact) mass is 732 g/mol. The van der Waals surface area contributed by atoms with Crippen LogP contribution in [-0.4, -0.2) is 0 Å². The van der Waals surface area contributed by atoms with E-state index in [2.05, 4.69) is 162 Å². The van der Waals surface area contributed by atoms with E-state index in [-0.39, 0.29) is 17.0 Å². The first-order valence-corrected chi connectivity index (χ1v) is 18.9. The minimum atomic E-state index is -0.247. The SMILES string of the molecule is C=C/C=C(\C=C(/N)C(C)(C)c1ccccc1)c1ccc(C=C)cc1.CC1(C)c2ccccc2-c2ccccc21.N.c1ccc2ccccc2c1.c1ccccc1. The molecule has 2 nitrogen and oxygen atoms in total. The summed E-state index contributed by atoms with van der Waals surface area (Å²) in [5.74, 6) is 0. The van der Waals surface area contributed by atoms with E-state index in [0.29, 0.717) is 0 Å². The number of rotatable bonds is 6. The molecule has 0 saturated heterocycles. The van der Waals surface area contributed by atoms with Crippen molar-refractivity contribution in [3.05, 3.63) is 253 Å². The lowest BCUT2D eigenvalue weighted by atomic mass is 9.80. The lowest BCUT2D eigenvalue weighted by Gasteiger charge is -2.26. The van der Waals surface area contributed by atoms with Gasteiger partial charge in [0.1, 0.15) is 0 Å². The molecule has 0 unspecified atom stereocenters. The molecular formula is C54H56N2. The maximum atomic E-state index is 6.48. The van der Waals surface area contributed by atoms with Crippen molar-refractivity contribution in [1.82, 2.24) is 6.15 Å². The molecule has 282 valence electrons. The molecule has 0 aliphatic heterocycles. The molecule has 7 aromatic carbocycles. The van der Waals surface area contributed by atoms with E-state index in [1.807, 2.05) is 85.0 Å². The lowest BCUT2D eigenvalue weighted by molar-refractivity contribution is 0.616. The summed E-state index contributed by atoms with van der Waals surface area (Å²) in [6.07, 6.45) is 7.65. The van der Waals surface area contributed by atoms with E-state index in [1.165, 1.54) is 38.6 Å². The second-order valence-corrected chi connectivity index (χ2v) is 14.5. The van der Waals surface area contributed by atoms with Crippen molar-refractivity contribution in [3.63, 3.8) is 0 Å². The normalized spacial score (nSPS) is 12.4. The van der Waals surface area contributed by atoms with Crippen molar-refractivity contribution in [2.75, 3.05) is 0 Å². The van der Waals surface area contributed by atoms with Crippen LogP contribution in [0.4, 0.5) is 0 Å². The van der Waals surface area contributed by atoms with E-state index in [4.69, 9.17) is 5.73 Å². The molecule has 1 aliphatic carbocycles. The number of fused-ring (bicyclic) bond motifs is 4. The zero-order valence-corrected chi connectivity index (χ0v) is 33.4. The second kappa shape index (κ2) is 20.3. The molecule has 0 bridgehead atoms. The van der Waals surface area contributed by atoms with Crippen LogP contribution in [0.2, 0.25) is 0 Å². The molecule has 0 aromatic heterocycles. The van der Waals surface area contributed by atoms with Gasteiger partial charge in [-0.05, 0) is 61.4 Å². The lowest BCUT2D eigenvalue weighted by Crippen LogP contribution is -2.25. The van der Waals surface area contributed by atoms with Crippen LogP contribution in [-0.2, 0) is 10.8 Å². The quantitative estimate of drug-likeness (QED) is 0.167. The molecule has 0 atom stereocenters. The highest BCUT2D eigenvalue weighted by atomic mass is 14.6. The highest BCUT2D eigenvalue weighted by Crippen LogP contribution is 2.48. The molecule has 1 aliphatic rings. The van der Waals surface area contributed by atoms with Gasteiger partial charge in [-0.15, -0.1) is 0 Å². The van der Waals surface area contributed by atoms with Gasteiger partial charge in [-0.25, -0.2) is 0 Å². The number of allylic oxidation sites excluding steroid dienone is 5. The van der Waals surface area contributed by atoms with Gasteiger partial charge in [0, 0.05) is 16.5 Å².